The lowest BCUT2D eigenvalue weighted by atomic mass is 9.88. The Labute approximate surface area is 275 Å². The SMILES string of the molecule is C[C@H](CO)N1C[C@H](C)[C@@H](CN(C)C(=O)NC2CCCCC2)OCCCC[C@H](C)Oc2ccc(NC(=O)C3CCCCC3)cc2C1=O. The van der Waals surface area contributed by atoms with Gasteiger partial charge in [0.15, 0.2) is 0 Å². The smallest absolute Gasteiger partial charge is 0.317 e. The molecule has 10 heteroatoms. The lowest BCUT2D eigenvalue weighted by Crippen LogP contribution is -2.50. The standard InChI is InChI=1S/C36H58N4O6/c1-25-22-40(26(2)24-41)35(43)31-21-30(37-34(42)28-14-7-5-8-15-28)18-19-32(31)46-27(3)13-11-12-20-45-33(25)23-39(4)36(44)38-29-16-9-6-10-17-29/h18-19,21,25-29,33,41H,5-17,20,22-24H2,1-4H3,(H,37,42)(H,38,44)/t25-,26+,27-,33+/m0/s1. The van der Waals surface area contributed by atoms with Crippen LogP contribution in [0.2, 0.25) is 0 Å². The van der Waals surface area contributed by atoms with Crippen molar-refractivity contribution >= 4 is 23.5 Å². The fourth-order valence-electron chi connectivity index (χ4n) is 6.96. The predicted octanol–water partition coefficient (Wildman–Crippen LogP) is 5.98. The van der Waals surface area contributed by atoms with E-state index in [9.17, 15) is 19.5 Å². The van der Waals surface area contributed by atoms with Gasteiger partial charge in [0.05, 0.1) is 30.4 Å². The minimum Gasteiger partial charge on any atom is -0.490 e. The number of anilines is 1. The van der Waals surface area contributed by atoms with Crippen LogP contribution in [0.4, 0.5) is 10.5 Å². The lowest BCUT2D eigenvalue weighted by molar-refractivity contribution is -0.120. The van der Waals surface area contributed by atoms with Gasteiger partial charge >= 0.3 is 6.03 Å². The number of carbonyl (C=O) groups excluding carboxylic acids is 3. The molecule has 10 nitrogen and oxygen atoms in total. The molecule has 0 spiro atoms. The fourth-order valence-corrected chi connectivity index (χ4v) is 6.96. The van der Waals surface area contributed by atoms with Crippen LogP contribution in [0.3, 0.4) is 0 Å². The zero-order chi connectivity index (χ0) is 33.1. The third kappa shape index (κ3) is 10.3. The van der Waals surface area contributed by atoms with E-state index in [1.165, 1.54) is 12.8 Å². The van der Waals surface area contributed by atoms with Crippen LogP contribution in [-0.4, -0.2) is 90.4 Å². The van der Waals surface area contributed by atoms with Gasteiger partial charge in [-0.1, -0.05) is 45.4 Å². The van der Waals surface area contributed by atoms with Crippen LogP contribution >= 0.6 is 0 Å². The molecule has 2 saturated carbocycles. The number of likely N-dealkylation sites (N-methyl/N-ethyl adjacent to an activating group) is 1. The highest BCUT2D eigenvalue weighted by atomic mass is 16.5. The maximum atomic E-state index is 14.4. The van der Waals surface area contributed by atoms with Gasteiger partial charge in [-0.05, 0) is 77.0 Å². The molecule has 2 fully saturated rings. The van der Waals surface area contributed by atoms with Gasteiger partial charge in [-0.25, -0.2) is 4.79 Å². The van der Waals surface area contributed by atoms with Crippen molar-refractivity contribution in [1.29, 1.82) is 0 Å². The monoisotopic (exact) mass is 642 g/mol. The Morgan fingerprint density at radius 2 is 1.67 bits per heavy atom. The quantitative estimate of drug-likeness (QED) is 0.337. The van der Waals surface area contributed by atoms with Gasteiger partial charge in [-0.3, -0.25) is 9.59 Å². The number of amides is 4. The second-order valence-corrected chi connectivity index (χ2v) is 14.0. The lowest BCUT2D eigenvalue weighted by Gasteiger charge is -2.36. The van der Waals surface area contributed by atoms with Crippen molar-refractivity contribution in [3.05, 3.63) is 23.8 Å². The van der Waals surface area contributed by atoms with Crippen molar-refractivity contribution in [1.82, 2.24) is 15.1 Å². The largest absolute Gasteiger partial charge is 0.490 e. The fraction of sp³-hybridized carbons (Fsp3) is 0.750. The number of hydrogen-bond donors (Lipinski definition) is 3. The Morgan fingerprint density at radius 3 is 2.37 bits per heavy atom. The molecule has 1 aromatic carbocycles. The van der Waals surface area contributed by atoms with E-state index < -0.39 is 6.04 Å². The molecule has 0 radical (unpaired) electrons. The molecule has 4 atom stereocenters. The average Bonchev–Trinajstić information content (AvgIpc) is 3.06. The van der Waals surface area contributed by atoms with Crippen LogP contribution < -0.4 is 15.4 Å². The second-order valence-electron chi connectivity index (χ2n) is 14.0. The first-order valence-corrected chi connectivity index (χ1v) is 17.8. The number of aliphatic hydroxyl groups is 1. The first-order valence-electron chi connectivity index (χ1n) is 17.8. The highest BCUT2D eigenvalue weighted by molar-refractivity contribution is 6.00. The van der Waals surface area contributed by atoms with Crippen molar-refractivity contribution in [2.45, 2.75) is 129 Å². The van der Waals surface area contributed by atoms with Gasteiger partial charge in [-0.15, -0.1) is 0 Å². The summed E-state index contributed by atoms with van der Waals surface area (Å²) in [6, 6.07) is 4.96. The summed E-state index contributed by atoms with van der Waals surface area (Å²) in [4.78, 5) is 43.9. The average molecular weight is 643 g/mol. The third-order valence-electron chi connectivity index (χ3n) is 10.0. The van der Waals surface area contributed by atoms with E-state index in [1.807, 2.05) is 26.8 Å². The third-order valence-corrected chi connectivity index (χ3v) is 10.0. The maximum Gasteiger partial charge on any atom is 0.317 e. The number of aliphatic hydroxyl groups excluding tert-OH is 1. The topological polar surface area (TPSA) is 120 Å². The Hall–Kier alpha value is -2.85. The number of rotatable bonds is 7. The maximum absolute atomic E-state index is 14.4. The Balaban J connectivity index is 1.56. The summed E-state index contributed by atoms with van der Waals surface area (Å²) >= 11 is 0. The molecule has 0 unspecified atom stereocenters. The van der Waals surface area contributed by atoms with Crippen molar-refractivity contribution in [3.63, 3.8) is 0 Å². The van der Waals surface area contributed by atoms with Gasteiger partial charge in [0.2, 0.25) is 5.91 Å². The summed E-state index contributed by atoms with van der Waals surface area (Å²) in [6.45, 7) is 6.90. The first kappa shape index (κ1) is 36.0. The molecule has 46 heavy (non-hydrogen) atoms. The molecule has 0 bridgehead atoms. The molecule has 3 aliphatic rings. The molecule has 4 rings (SSSR count). The van der Waals surface area contributed by atoms with Crippen molar-refractivity contribution < 1.29 is 29.0 Å². The first-order chi connectivity index (χ1) is 22.2. The molecule has 4 amide bonds. The zero-order valence-electron chi connectivity index (χ0n) is 28.6. The van der Waals surface area contributed by atoms with Gasteiger partial charge in [0.25, 0.3) is 5.91 Å². The summed E-state index contributed by atoms with van der Waals surface area (Å²) in [5.41, 5.74) is 0.927. The number of fused-ring (bicyclic) bond motifs is 1. The van der Waals surface area contributed by atoms with Crippen LogP contribution in [0, 0.1) is 11.8 Å². The predicted molar refractivity (Wildman–Crippen MR) is 180 cm³/mol. The minimum atomic E-state index is -0.471. The molecule has 1 aliphatic heterocycles. The summed E-state index contributed by atoms with van der Waals surface area (Å²) in [7, 11) is 1.80. The van der Waals surface area contributed by atoms with Crippen LogP contribution in [0.1, 0.15) is 115 Å². The molecule has 0 saturated heterocycles. The Morgan fingerprint density at radius 1 is 1.00 bits per heavy atom. The number of nitrogens with zero attached hydrogens (tertiary/aromatic N) is 2. The number of carbonyl (C=O) groups is 3. The summed E-state index contributed by atoms with van der Waals surface area (Å²) in [6.07, 6.45) is 12.7. The molecule has 258 valence electrons. The highest BCUT2D eigenvalue weighted by Gasteiger charge is 2.31. The number of nitrogens with one attached hydrogen (secondary N) is 2. The van der Waals surface area contributed by atoms with E-state index in [4.69, 9.17) is 9.47 Å². The Bertz CT molecular complexity index is 1140. The Kier molecular flexibility index (Phi) is 14.0. The van der Waals surface area contributed by atoms with Gasteiger partial charge in [0.1, 0.15) is 5.75 Å². The minimum absolute atomic E-state index is 0.00637. The van der Waals surface area contributed by atoms with E-state index in [0.29, 0.717) is 36.7 Å². The van der Waals surface area contributed by atoms with Gasteiger partial charge in [-0.2, -0.15) is 0 Å². The molecule has 3 N–H and O–H groups in total. The zero-order valence-corrected chi connectivity index (χ0v) is 28.6. The van der Waals surface area contributed by atoms with Crippen molar-refractivity contribution in [3.8, 4) is 5.75 Å². The highest BCUT2D eigenvalue weighted by Crippen LogP contribution is 2.30. The molecule has 1 aromatic rings. The number of urea groups is 1. The van der Waals surface area contributed by atoms with Crippen LogP contribution in [-0.2, 0) is 9.53 Å². The molecule has 0 aromatic heterocycles. The van der Waals surface area contributed by atoms with Crippen LogP contribution in [0.15, 0.2) is 18.2 Å². The van der Waals surface area contributed by atoms with E-state index in [0.717, 1.165) is 70.6 Å². The summed E-state index contributed by atoms with van der Waals surface area (Å²) in [5.74, 6) is 0.0425. The molecular formula is C36H58N4O6. The van der Waals surface area contributed by atoms with E-state index in [1.54, 1.807) is 29.0 Å². The van der Waals surface area contributed by atoms with Crippen molar-refractivity contribution in [2.24, 2.45) is 11.8 Å². The van der Waals surface area contributed by atoms with E-state index in [2.05, 4.69) is 10.6 Å². The van der Waals surface area contributed by atoms with Crippen molar-refractivity contribution in [2.75, 3.05) is 38.7 Å². The van der Waals surface area contributed by atoms with Gasteiger partial charge in [0, 0.05) is 50.3 Å². The number of benzene rings is 1. The van der Waals surface area contributed by atoms with E-state index >= 15 is 0 Å². The normalized spacial score (nSPS) is 25.0. The van der Waals surface area contributed by atoms with Crippen LogP contribution in [0.25, 0.3) is 0 Å². The molecule has 2 aliphatic carbocycles. The summed E-state index contributed by atoms with van der Waals surface area (Å²) < 4.78 is 12.7. The molecular weight excluding hydrogens is 584 g/mol. The summed E-state index contributed by atoms with van der Waals surface area (Å²) in [5, 5.41) is 16.5. The van der Waals surface area contributed by atoms with Crippen LogP contribution in [0.5, 0.6) is 5.75 Å². The number of ether oxygens (including phenoxy) is 2. The number of hydrogen-bond acceptors (Lipinski definition) is 6. The van der Waals surface area contributed by atoms with E-state index in [-0.39, 0.29) is 54.5 Å². The second kappa shape index (κ2) is 17.9. The van der Waals surface area contributed by atoms with Gasteiger partial charge < -0.3 is 35.0 Å². The molecule has 1 heterocycles.